The summed E-state index contributed by atoms with van der Waals surface area (Å²) in [6, 6.07) is 13.3. The first-order valence-corrected chi connectivity index (χ1v) is 16.0. The number of aryl methyl sites for hydroxylation is 1. The standard InChI is InChI=1S/C36H45NO2S/c1-22-8-10-24(11-9-22)40-27-19-28-34(5,25-18-26(38)31(39)23(2)30(25)27)15-17-36(7)29-20-32(3,21-37)12-13-33(29,4)14-16-35(28,36)6/h8-11,18-19,27,29,38-39H,12-17,20H2,1-7H3/t27?,29-,32-,33-,34+,35-,36+/m1/s1. The molecule has 2 aromatic rings. The lowest BCUT2D eigenvalue weighted by atomic mass is 9.34. The van der Waals surface area contributed by atoms with Crippen LogP contribution in [-0.2, 0) is 5.41 Å². The molecule has 0 heterocycles. The van der Waals surface area contributed by atoms with Gasteiger partial charge in [-0.05, 0) is 123 Å². The first-order valence-electron chi connectivity index (χ1n) is 15.1. The number of benzene rings is 2. The molecule has 0 bridgehead atoms. The van der Waals surface area contributed by atoms with Crippen molar-refractivity contribution in [3.8, 4) is 17.6 Å². The Kier molecular flexibility index (Phi) is 6.12. The van der Waals surface area contributed by atoms with Gasteiger partial charge >= 0.3 is 0 Å². The van der Waals surface area contributed by atoms with Crippen LogP contribution in [-0.4, -0.2) is 10.2 Å². The Morgan fingerprint density at radius 2 is 1.57 bits per heavy atom. The zero-order valence-electron chi connectivity index (χ0n) is 25.3. The van der Waals surface area contributed by atoms with Crippen molar-refractivity contribution in [2.24, 2.45) is 27.6 Å². The molecule has 1 unspecified atom stereocenters. The molecule has 3 saturated carbocycles. The van der Waals surface area contributed by atoms with Gasteiger partial charge in [0.1, 0.15) is 0 Å². The van der Waals surface area contributed by atoms with E-state index in [2.05, 4.69) is 78.0 Å². The first kappa shape index (κ1) is 27.8. The lowest BCUT2D eigenvalue weighted by Crippen LogP contribution is -2.62. The van der Waals surface area contributed by atoms with E-state index in [-0.39, 0.29) is 43.8 Å². The number of phenolic OH excluding ortho intramolecular Hbond substituents is 2. The predicted molar refractivity (Wildman–Crippen MR) is 164 cm³/mol. The number of hydrogen-bond acceptors (Lipinski definition) is 4. The van der Waals surface area contributed by atoms with Gasteiger partial charge in [0.2, 0.25) is 0 Å². The van der Waals surface area contributed by atoms with E-state index < -0.39 is 0 Å². The van der Waals surface area contributed by atoms with Crippen LogP contribution in [0, 0.1) is 52.8 Å². The van der Waals surface area contributed by atoms with Crippen LogP contribution in [0.2, 0.25) is 0 Å². The Morgan fingerprint density at radius 1 is 0.900 bits per heavy atom. The topological polar surface area (TPSA) is 64.2 Å². The Balaban J connectivity index is 1.53. The zero-order chi connectivity index (χ0) is 28.9. The minimum Gasteiger partial charge on any atom is -0.504 e. The van der Waals surface area contributed by atoms with Gasteiger partial charge < -0.3 is 10.2 Å². The summed E-state index contributed by atoms with van der Waals surface area (Å²) in [4.78, 5) is 1.21. The maximum atomic E-state index is 10.9. The average Bonchev–Trinajstić information content (AvgIpc) is 2.92. The SMILES string of the molecule is Cc1ccc(SC2C=C3[C@@](C)(CC[C@@]4(C)[C@@H]5C[C@](C)(C#N)CC[C@]5(C)CC[C@]34C)c3cc(O)c(O)c(C)c32)cc1. The van der Waals surface area contributed by atoms with Crippen LogP contribution in [0.1, 0.15) is 107 Å². The molecule has 2 N–H and O–H groups in total. The van der Waals surface area contributed by atoms with E-state index in [1.807, 2.05) is 24.8 Å². The molecule has 2 aromatic carbocycles. The summed E-state index contributed by atoms with van der Waals surface area (Å²) in [6.07, 6.45) is 10.2. The van der Waals surface area contributed by atoms with Crippen LogP contribution < -0.4 is 0 Å². The molecule has 0 radical (unpaired) electrons. The highest BCUT2D eigenvalue weighted by atomic mass is 32.2. The van der Waals surface area contributed by atoms with E-state index >= 15 is 0 Å². The minimum absolute atomic E-state index is 0.00648. The number of nitriles is 1. The summed E-state index contributed by atoms with van der Waals surface area (Å²) in [5, 5.41) is 32.0. The van der Waals surface area contributed by atoms with Crippen LogP contribution in [0.4, 0.5) is 0 Å². The Labute approximate surface area is 245 Å². The quantitative estimate of drug-likeness (QED) is 0.286. The smallest absolute Gasteiger partial charge is 0.160 e. The summed E-state index contributed by atoms with van der Waals surface area (Å²) in [5.74, 6) is 0.499. The van der Waals surface area contributed by atoms with Gasteiger partial charge in [0.25, 0.3) is 0 Å². The fraction of sp³-hybridized carbons (Fsp3) is 0.583. The normalized spacial score (nSPS) is 40.1. The second-order valence-electron chi connectivity index (χ2n) is 14.9. The molecule has 4 heteroatoms. The van der Waals surface area contributed by atoms with Crippen molar-refractivity contribution < 1.29 is 10.2 Å². The monoisotopic (exact) mass is 555 g/mol. The Bertz CT molecular complexity index is 1450. The van der Waals surface area contributed by atoms with Crippen molar-refractivity contribution in [2.75, 3.05) is 0 Å². The molecule has 6 rings (SSSR count). The van der Waals surface area contributed by atoms with Gasteiger partial charge in [0.05, 0.1) is 16.7 Å². The molecule has 0 aliphatic heterocycles. The Hall–Kier alpha value is -2.38. The number of phenols is 2. The van der Waals surface area contributed by atoms with E-state index in [1.165, 1.54) is 28.0 Å². The molecule has 7 atom stereocenters. The van der Waals surface area contributed by atoms with E-state index in [4.69, 9.17) is 0 Å². The maximum absolute atomic E-state index is 10.9. The van der Waals surface area contributed by atoms with Crippen molar-refractivity contribution in [3.05, 3.63) is 64.2 Å². The molecule has 3 nitrogen and oxygen atoms in total. The molecular formula is C36H45NO2S. The first-order chi connectivity index (χ1) is 18.7. The molecule has 0 spiro atoms. The molecular weight excluding hydrogens is 510 g/mol. The third-order valence-corrected chi connectivity index (χ3v) is 13.8. The van der Waals surface area contributed by atoms with Crippen LogP contribution in [0.25, 0.3) is 0 Å². The Morgan fingerprint density at radius 3 is 2.25 bits per heavy atom. The fourth-order valence-electron chi connectivity index (χ4n) is 9.65. The summed E-state index contributed by atoms with van der Waals surface area (Å²) < 4.78 is 0. The van der Waals surface area contributed by atoms with Gasteiger partial charge in [0.15, 0.2) is 11.5 Å². The number of fused-ring (bicyclic) bond motifs is 7. The van der Waals surface area contributed by atoms with Gasteiger partial charge in [-0.25, -0.2) is 0 Å². The maximum Gasteiger partial charge on any atom is 0.160 e. The van der Waals surface area contributed by atoms with E-state index in [1.54, 1.807) is 0 Å². The van der Waals surface area contributed by atoms with Gasteiger partial charge in [-0.1, -0.05) is 57.0 Å². The average molecular weight is 556 g/mol. The van der Waals surface area contributed by atoms with Gasteiger partial charge in [-0.3, -0.25) is 0 Å². The summed E-state index contributed by atoms with van der Waals surface area (Å²) in [5.41, 5.74) is 5.81. The van der Waals surface area contributed by atoms with Gasteiger partial charge in [-0.2, -0.15) is 5.26 Å². The van der Waals surface area contributed by atoms with E-state index in [0.717, 1.165) is 49.7 Å². The molecule has 0 amide bonds. The lowest BCUT2D eigenvalue weighted by molar-refractivity contribution is -0.152. The van der Waals surface area contributed by atoms with Crippen molar-refractivity contribution in [1.82, 2.24) is 0 Å². The van der Waals surface area contributed by atoms with Crippen LogP contribution in [0.3, 0.4) is 0 Å². The summed E-state index contributed by atoms with van der Waals surface area (Å²) in [7, 11) is 0. The zero-order valence-corrected chi connectivity index (χ0v) is 26.1. The fourth-order valence-corrected chi connectivity index (χ4v) is 10.9. The number of allylic oxidation sites excluding steroid dienone is 1. The molecule has 212 valence electrons. The second kappa shape index (κ2) is 8.81. The number of rotatable bonds is 2. The number of nitrogens with zero attached hydrogens (tertiary/aromatic N) is 1. The van der Waals surface area contributed by atoms with E-state index in [9.17, 15) is 15.5 Å². The molecule has 0 saturated heterocycles. The predicted octanol–water partition coefficient (Wildman–Crippen LogP) is 9.68. The summed E-state index contributed by atoms with van der Waals surface area (Å²) in [6.45, 7) is 16.3. The molecule has 40 heavy (non-hydrogen) atoms. The molecule has 4 aliphatic rings. The van der Waals surface area contributed by atoms with Crippen LogP contribution in [0.15, 0.2) is 46.9 Å². The van der Waals surface area contributed by atoms with Gasteiger partial charge in [-0.15, -0.1) is 11.8 Å². The summed E-state index contributed by atoms with van der Waals surface area (Å²) >= 11 is 1.85. The highest BCUT2D eigenvalue weighted by Crippen LogP contribution is 2.75. The van der Waals surface area contributed by atoms with Crippen molar-refractivity contribution >= 4 is 11.8 Å². The third-order valence-electron chi connectivity index (χ3n) is 12.6. The second-order valence-corrected chi connectivity index (χ2v) is 16.1. The molecule has 3 fully saturated rings. The highest BCUT2D eigenvalue weighted by molar-refractivity contribution is 7.99. The lowest BCUT2D eigenvalue weighted by Gasteiger charge is -2.70. The highest BCUT2D eigenvalue weighted by Gasteiger charge is 2.66. The number of thioether (sulfide) groups is 1. The van der Waals surface area contributed by atoms with Crippen molar-refractivity contribution in [3.63, 3.8) is 0 Å². The largest absolute Gasteiger partial charge is 0.504 e. The van der Waals surface area contributed by atoms with E-state index in [0.29, 0.717) is 5.92 Å². The third kappa shape index (κ3) is 3.69. The van der Waals surface area contributed by atoms with Crippen molar-refractivity contribution in [2.45, 2.75) is 109 Å². The van der Waals surface area contributed by atoms with Gasteiger partial charge in [0, 0.05) is 10.3 Å². The molecule has 0 aromatic heterocycles. The number of hydrogen-bond donors (Lipinski definition) is 2. The van der Waals surface area contributed by atoms with Crippen LogP contribution >= 0.6 is 11.8 Å². The van der Waals surface area contributed by atoms with Crippen LogP contribution in [0.5, 0.6) is 11.5 Å². The molecule has 4 aliphatic carbocycles. The minimum atomic E-state index is -0.246. The number of aromatic hydroxyl groups is 2. The van der Waals surface area contributed by atoms with Crippen molar-refractivity contribution in [1.29, 1.82) is 5.26 Å².